The van der Waals surface area contributed by atoms with Gasteiger partial charge in [-0.2, -0.15) is 0 Å². The smallest absolute Gasteiger partial charge is 0.407 e. The first-order valence-electron chi connectivity index (χ1n) is 8.23. The van der Waals surface area contributed by atoms with Crippen LogP contribution in [0.5, 0.6) is 0 Å². The molecule has 0 spiro atoms. The lowest BCUT2D eigenvalue weighted by Gasteiger charge is -2.31. The number of carbonyl (C=O) groups excluding carboxylic acids is 1. The minimum Gasteiger partial charge on any atom is -0.478 e. The van der Waals surface area contributed by atoms with Crippen LogP contribution in [0.4, 0.5) is 4.79 Å². The molecular weight excluding hydrogens is 298 g/mol. The van der Waals surface area contributed by atoms with Crippen molar-refractivity contribution < 1.29 is 24.2 Å². The molecule has 132 valence electrons. The van der Waals surface area contributed by atoms with Crippen LogP contribution < -0.4 is 5.32 Å². The molecule has 0 fully saturated rings. The molecule has 0 aromatic heterocycles. The van der Waals surface area contributed by atoms with Gasteiger partial charge in [0.2, 0.25) is 0 Å². The summed E-state index contributed by atoms with van der Waals surface area (Å²) >= 11 is 0. The average molecular weight is 327 g/mol. The number of carbonyl (C=O) groups is 2. The molecule has 2 atom stereocenters. The average Bonchev–Trinajstić information content (AvgIpc) is 2.42. The molecule has 0 aromatic rings. The van der Waals surface area contributed by atoms with E-state index in [0.717, 1.165) is 12.8 Å². The van der Waals surface area contributed by atoms with Crippen molar-refractivity contribution >= 4 is 12.1 Å². The molecule has 1 aliphatic rings. The van der Waals surface area contributed by atoms with Gasteiger partial charge in [0.15, 0.2) is 0 Å². The van der Waals surface area contributed by atoms with Crippen LogP contribution in [-0.4, -0.2) is 41.0 Å². The van der Waals surface area contributed by atoms with Gasteiger partial charge in [-0.05, 0) is 52.5 Å². The molecule has 2 N–H and O–H groups in total. The summed E-state index contributed by atoms with van der Waals surface area (Å²) in [6.07, 6.45) is 3.47. The second-order valence-corrected chi connectivity index (χ2v) is 6.89. The predicted molar refractivity (Wildman–Crippen MR) is 87.4 cm³/mol. The molecule has 0 saturated carbocycles. The van der Waals surface area contributed by atoms with Crippen LogP contribution in [0.1, 0.15) is 60.3 Å². The van der Waals surface area contributed by atoms with E-state index in [-0.39, 0.29) is 30.2 Å². The summed E-state index contributed by atoms with van der Waals surface area (Å²) in [6, 6.07) is -0.305. The van der Waals surface area contributed by atoms with Crippen molar-refractivity contribution in [2.45, 2.75) is 84.2 Å². The number of hydrogen-bond donors (Lipinski definition) is 2. The van der Waals surface area contributed by atoms with E-state index in [1.54, 1.807) is 26.8 Å². The van der Waals surface area contributed by atoms with Gasteiger partial charge >= 0.3 is 12.1 Å². The predicted octanol–water partition coefficient (Wildman–Crippen LogP) is 3.26. The largest absolute Gasteiger partial charge is 0.478 e. The molecule has 0 heterocycles. The van der Waals surface area contributed by atoms with Crippen molar-refractivity contribution in [1.82, 2.24) is 5.32 Å². The summed E-state index contributed by atoms with van der Waals surface area (Å²) in [5.74, 6) is -0.973. The second kappa shape index (κ2) is 8.34. The van der Waals surface area contributed by atoms with Crippen LogP contribution in [0.25, 0.3) is 0 Å². The van der Waals surface area contributed by atoms with Crippen LogP contribution in [0, 0.1) is 0 Å². The minimum absolute atomic E-state index is 0.0894. The number of ether oxygens (including phenoxy) is 2. The van der Waals surface area contributed by atoms with Crippen LogP contribution >= 0.6 is 0 Å². The number of aliphatic carboxylic acids is 1. The standard InChI is InChI=1S/C17H29NO5/c1-6-13(7-2)22-14-9-11(15(19)20)8-12(10-14)18-16(21)23-17(3,4)5/h9,12-14H,6-8,10H2,1-5H3,(H,18,21)(H,19,20). The molecule has 0 radical (unpaired) electrons. The van der Waals surface area contributed by atoms with Gasteiger partial charge in [-0.25, -0.2) is 9.59 Å². The highest BCUT2D eigenvalue weighted by molar-refractivity contribution is 5.87. The van der Waals surface area contributed by atoms with Gasteiger partial charge < -0.3 is 19.9 Å². The first-order chi connectivity index (χ1) is 10.6. The van der Waals surface area contributed by atoms with E-state index in [1.165, 1.54) is 0 Å². The third-order valence-corrected chi connectivity index (χ3v) is 3.64. The zero-order valence-electron chi connectivity index (χ0n) is 14.7. The molecule has 0 saturated heterocycles. The summed E-state index contributed by atoms with van der Waals surface area (Å²) < 4.78 is 11.2. The Kier molecular flexibility index (Phi) is 7.06. The Morgan fingerprint density at radius 3 is 2.43 bits per heavy atom. The van der Waals surface area contributed by atoms with Crippen LogP contribution in [0.15, 0.2) is 11.6 Å². The second-order valence-electron chi connectivity index (χ2n) is 6.89. The Bertz CT molecular complexity index is 448. The molecule has 1 aliphatic carbocycles. The van der Waals surface area contributed by atoms with Crippen molar-refractivity contribution in [3.63, 3.8) is 0 Å². The summed E-state index contributed by atoms with van der Waals surface area (Å²) in [5, 5.41) is 12.0. The van der Waals surface area contributed by atoms with E-state index in [1.807, 2.05) is 13.8 Å². The first kappa shape index (κ1) is 19.5. The fraction of sp³-hybridized carbons (Fsp3) is 0.765. The molecular formula is C17H29NO5. The van der Waals surface area contributed by atoms with E-state index >= 15 is 0 Å². The van der Waals surface area contributed by atoms with Crippen molar-refractivity contribution in [3.05, 3.63) is 11.6 Å². The monoisotopic (exact) mass is 327 g/mol. The highest BCUT2D eigenvalue weighted by Gasteiger charge is 2.29. The highest BCUT2D eigenvalue weighted by Crippen LogP contribution is 2.24. The topological polar surface area (TPSA) is 84.9 Å². The number of amides is 1. The van der Waals surface area contributed by atoms with Crippen molar-refractivity contribution in [2.75, 3.05) is 0 Å². The maximum Gasteiger partial charge on any atom is 0.407 e. The zero-order valence-corrected chi connectivity index (χ0v) is 14.7. The quantitative estimate of drug-likeness (QED) is 0.782. The van der Waals surface area contributed by atoms with Gasteiger partial charge in [0.25, 0.3) is 0 Å². The molecule has 23 heavy (non-hydrogen) atoms. The van der Waals surface area contributed by atoms with Gasteiger partial charge in [0, 0.05) is 11.6 Å². The Morgan fingerprint density at radius 2 is 1.96 bits per heavy atom. The normalized spacial score (nSPS) is 21.7. The summed E-state index contributed by atoms with van der Waals surface area (Å²) in [5.41, 5.74) is -0.316. The Labute approximate surface area is 138 Å². The van der Waals surface area contributed by atoms with Crippen molar-refractivity contribution in [3.8, 4) is 0 Å². The number of rotatable bonds is 6. The molecule has 0 bridgehead atoms. The third-order valence-electron chi connectivity index (χ3n) is 3.64. The van der Waals surface area contributed by atoms with Gasteiger partial charge in [-0.1, -0.05) is 13.8 Å². The highest BCUT2D eigenvalue weighted by atomic mass is 16.6. The van der Waals surface area contributed by atoms with Crippen LogP contribution in [-0.2, 0) is 14.3 Å². The van der Waals surface area contributed by atoms with E-state index in [2.05, 4.69) is 5.32 Å². The van der Waals surface area contributed by atoms with Gasteiger partial charge in [0.1, 0.15) is 5.60 Å². The lowest BCUT2D eigenvalue weighted by atomic mass is 9.92. The molecule has 1 rings (SSSR count). The lowest BCUT2D eigenvalue weighted by molar-refractivity contribution is -0.133. The molecule has 1 amide bonds. The third kappa shape index (κ3) is 7.03. The van der Waals surface area contributed by atoms with Crippen molar-refractivity contribution in [2.24, 2.45) is 0 Å². The number of carboxylic acids is 1. The van der Waals surface area contributed by atoms with E-state index in [0.29, 0.717) is 6.42 Å². The van der Waals surface area contributed by atoms with E-state index in [4.69, 9.17) is 9.47 Å². The number of nitrogens with one attached hydrogen (secondary N) is 1. The molecule has 0 aliphatic heterocycles. The lowest BCUT2D eigenvalue weighted by Crippen LogP contribution is -2.43. The zero-order chi connectivity index (χ0) is 17.6. The maximum absolute atomic E-state index is 11.9. The van der Waals surface area contributed by atoms with E-state index < -0.39 is 17.7 Å². The summed E-state index contributed by atoms with van der Waals surface area (Å²) in [4.78, 5) is 23.2. The van der Waals surface area contributed by atoms with E-state index in [9.17, 15) is 14.7 Å². The first-order valence-corrected chi connectivity index (χ1v) is 8.23. The van der Waals surface area contributed by atoms with Gasteiger partial charge in [-0.3, -0.25) is 0 Å². The van der Waals surface area contributed by atoms with Crippen LogP contribution in [0.2, 0.25) is 0 Å². The minimum atomic E-state index is -0.973. The fourth-order valence-electron chi connectivity index (χ4n) is 2.56. The molecule has 0 aromatic carbocycles. The Morgan fingerprint density at radius 1 is 1.35 bits per heavy atom. The van der Waals surface area contributed by atoms with Gasteiger partial charge in [-0.15, -0.1) is 0 Å². The Hall–Kier alpha value is -1.56. The summed E-state index contributed by atoms with van der Waals surface area (Å²) in [6.45, 7) is 9.43. The SMILES string of the molecule is CCC(CC)OC1C=C(C(=O)O)CC(NC(=O)OC(C)(C)C)C1. The van der Waals surface area contributed by atoms with Crippen molar-refractivity contribution in [1.29, 1.82) is 0 Å². The van der Waals surface area contributed by atoms with Crippen LogP contribution in [0.3, 0.4) is 0 Å². The summed E-state index contributed by atoms with van der Waals surface area (Å²) in [7, 11) is 0. The number of hydrogen-bond acceptors (Lipinski definition) is 4. The number of carboxylic acid groups (broad SMARTS) is 1. The molecule has 6 heteroatoms. The molecule has 2 unspecified atom stereocenters. The number of alkyl carbamates (subject to hydrolysis) is 1. The Balaban J connectivity index is 2.74. The fourth-order valence-corrected chi connectivity index (χ4v) is 2.56. The maximum atomic E-state index is 11.9. The van der Waals surface area contributed by atoms with Gasteiger partial charge in [0.05, 0.1) is 12.2 Å². The molecule has 6 nitrogen and oxygen atoms in total.